The maximum Gasteiger partial charge on any atom is 0.251 e. The minimum absolute atomic E-state index is 0.0488. The fourth-order valence-corrected chi connectivity index (χ4v) is 3.15. The number of methoxy groups -OCH3 is 1. The van der Waals surface area contributed by atoms with E-state index in [0.717, 1.165) is 24.4 Å². The molecule has 132 valence electrons. The standard InChI is InChI=1S/C20H24N2O3/c1-24-19-10-6-5-9-17(19)18(22-11-13-25-14-12-22)15-21-20(23)16-7-3-2-4-8-16/h2-10,18H,11-15H2,1H3,(H,21,23). The van der Waals surface area contributed by atoms with Gasteiger partial charge >= 0.3 is 0 Å². The fraction of sp³-hybridized carbons (Fsp3) is 0.350. The van der Waals surface area contributed by atoms with Gasteiger partial charge in [0.15, 0.2) is 0 Å². The van der Waals surface area contributed by atoms with Crippen LogP contribution in [-0.4, -0.2) is 50.8 Å². The third-order valence-electron chi connectivity index (χ3n) is 4.48. The number of ether oxygens (including phenoxy) is 2. The monoisotopic (exact) mass is 340 g/mol. The lowest BCUT2D eigenvalue weighted by atomic mass is 10.0. The summed E-state index contributed by atoms with van der Waals surface area (Å²) in [6.07, 6.45) is 0. The van der Waals surface area contributed by atoms with E-state index in [0.29, 0.717) is 25.3 Å². The van der Waals surface area contributed by atoms with Crippen molar-refractivity contribution in [3.8, 4) is 5.75 Å². The number of para-hydroxylation sites is 1. The van der Waals surface area contributed by atoms with E-state index in [1.54, 1.807) is 7.11 Å². The first-order valence-electron chi connectivity index (χ1n) is 8.57. The molecular formula is C20H24N2O3. The molecule has 0 spiro atoms. The van der Waals surface area contributed by atoms with E-state index in [-0.39, 0.29) is 11.9 Å². The third-order valence-corrected chi connectivity index (χ3v) is 4.48. The molecule has 2 aromatic rings. The third kappa shape index (κ3) is 4.38. The molecule has 1 saturated heterocycles. The highest BCUT2D eigenvalue weighted by Gasteiger charge is 2.25. The zero-order chi connectivity index (χ0) is 17.5. The molecule has 25 heavy (non-hydrogen) atoms. The topological polar surface area (TPSA) is 50.8 Å². The van der Waals surface area contributed by atoms with E-state index in [1.807, 2.05) is 48.5 Å². The number of rotatable bonds is 6. The Bertz CT molecular complexity index is 684. The summed E-state index contributed by atoms with van der Waals surface area (Å²) in [6, 6.07) is 17.3. The molecule has 5 nitrogen and oxygen atoms in total. The van der Waals surface area contributed by atoms with Gasteiger partial charge in [-0.2, -0.15) is 0 Å². The van der Waals surface area contributed by atoms with Crippen LogP contribution in [-0.2, 0) is 4.74 Å². The molecule has 1 atom stereocenters. The molecule has 0 bridgehead atoms. The fourth-order valence-electron chi connectivity index (χ4n) is 3.15. The summed E-state index contributed by atoms with van der Waals surface area (Å²) in [5.41, 5.74) is 1.75. The first-order chi connectivity index (χ1) is 12.3. The molecule has 0 aromatic heterocycles. The molecule has 1 fully saturated rings. The molecule has 1 amide bonds. The number of benzene rings is 2. The smallest absolute Gasteiger partial charge is 0.251 e. The minimum atomic E-state index is -0.0613. The van der Waals surface area contributed by atoms with Crippen LogP contribution in [0.2, 0.25) is 0 Å². The molecule has 1 N–H and O–H groups in total. The average Bonchev–Trinajstić information content (AvgIpc) is 2.70. The van der Waals surface area contributed by atoms with E-state index >= 15 is 0 Å². The first kappa shape index (κ1) is 17.5. The van der Waals surface area contributed by atoms with Gasteiger partial charge in [-0.1, -0.05) is 36.4 Å². The van der Waals surface area contributed by atoms with E-state index < -0.39 is 0 Å². The van der Waals surface area contributed by atoms with Gasteiger partial charge in [0.1, 0.15) is 5.75 Å². The van der Waals surface area contributed by atoms with E-state index in [9.17, 15) is 4.79 Å². The normalized spacial score (nSPS) is 16.2. The van der Waals surface area contributed by atoms with Crippen LogP contribution in [0, 0.1) is 0 Å². The Kier molecular flexibility index (Phi) is 6.04. The number of amides is 1. The maximum absolute atomic E-state index is 12.4. The number of morpholine rings is 1. The van der Waals surface area contributed by atoms with Crippen LogP contribution in [0.5, 0.6) is 5.75 Å². The van der Waals surface area contributed by atoms with Crippen LogP contribution in [0.15, 0.2) is 54.6 Å². The van der Waals surface area contributed by atoms with Gasteiger partial charge in [0.2, 0.25) is 0 Å². The van der Waals surface area contributed by atoms with Crippen molar-refractivity contribution in [1.29, 1.82) is 0 Å². The van der Waals surface area contributed by atoms with Crippen molar-refractivity contribution < 1.29 is 14.3 Å². The van der Waals surface area contributed by atoms with Crippen molar-refractivity contribution >= 4 is 5.91 Å². The molecule has 0 saturated carbocycles. The Balaban J connectivity index is 1.78. The quantitative estimate of drug-likeness (QED) is 0.878. The molecular weight excluding hydrogens is 316 g/mol. The van der Waals surface area contributed by atoms with Crippen molar-refractivity contribution in [2.75, 3.05) is 40.0 Å². The predicted molar refractivity (Wildman–Crippen MR) is 96.9 cm³/mol. The molecule has 1 aliphatic heterocycles. The van der Waals surface area contributed by atoms with Crippen LogP contribution in [0.25, 0.3) is 0 Å². The zero-order valence-corrected chi connectivity index (χ0v) is 14.5. The lowest BCUT2D eigenvalue weighted by Crippen LogP contribution is -2.44. The van der Waals surface area contributed by atoms with E-state index in [2.05, 4.69) is 16.3 Å². The molecule has 0 radical (unpaired) electrons. The van der Waals surface area contributed by atoms with Gasteiger partial charge in [-0.3, -0.25) is 9.69 Å². The number of carbonyl (C=O) groups is 1. The second kappa shape index (κ2) is 8.65. The Labute approximate surface area is 148 Å². The van der Waals surface area contributed by atoms with Crippen molar-refractivity contribution in [2.45, 2.75) is 6.04 Å². The van der Waals surface area contributed by atoms with Gasteiger partial charge in [0, 0.05) is 30.8 Å². The Morgan fingerprint density at radius 1 is 1.12 bits per heavy atom. The highest BCUT2D eigenvalue weighted by Crippen LogP contribution is 2.29. The average molecular weight is 340 g/mol. The lowest BCUT2D eigenvalue weighted by molar-refractivity contribution is 0.0157. The number of nitrogens with zero attached hydrogens (tertiary/aromatic N) is 1. The summed E-state index contributed by atoms with van der Waals surface area (Å²) in [6.45, 7) is 3.61. The molecule has 1 unspecified atom stereocenters. The van der Waals surface area contributed by atoms with Gasteiger partial charge in [-0.05, 0) is 18.2 Å². The summed E-state index contributed by atoms with van der Waals surface area (Å²) in [4.78, 5) is 14.8. The van der Waals surface area contributed by atoms with Crippen LogP contribution in [0.4, 0.5) is 0 Å². The minimum Gasteiger partial charge on any atom is -0.496 e. The van der Waals surface area contributed by atoms with Crippen molar-refractivity contribution in [3.05, 3.63) is 65.7 Å². The second-order valence-corrected chi connectivity index (χ2v) is 5.98. The summed E-state index contributed by atoms with van der Waals surface area (Å²) >= 11 is 0. The second-order valence-electron chi connectivity index (χ2n) is 5.98. The van der Waals surface area contributed by atoms with Gasteiger partial charge < -0.3 is 14.8 Å². The van der Waals surface area contributed by atoms with Gasteiger partial charge in [-0.25, -0.2) is 0 Å². The lowest BCUT2D eigenvalue weighted by Gasteiger charge is -2.35. The molecule has 1 aliphatic rings. The van der Waals surface area contributed by atoms with Crippen molar-refractivity contribution in [1.82, 2.24) is 10.2 Å². The molecule has 0 aliphatic carbocycles. The van der Waals surface area contributed by atoms with E-state index in [4.69, 9.17) is 9.47 Å². The largest absolute Gasteiger partial charge is 0.496 e. The Hall–Kier alpha value is -2.37. The predicted octanol–water partition coefficient (Wildman–Crippen LogP) is 2.50. The molecule has 5 heteroatoms. The van der Waals surface area contributed by atoms with Gasteiger partial charge in [0.25, 0.3) is 5.91 Å². The maximum atomic E-state index is 12.4. The van der Waals surface area contributed by atoms with Gasteiger partial charge in [0.05, 0.1) is 26.4 Å². The summed E-state index contributed by atoms with van der Waals surface area (Å²) in [7, 11) is 1.68. The number of hydrogen-bond donors (Lipinski definition) is 1. The number of hydrogen-bond acceptors (Lipinski definition) is 4. The van der Waals surface area contributed by atoms with Crippen LogP contribution < -0.4 is 10.1 Å². The van der Waals surface area contributed by atoms with Gasteiger partial charge in [-0.15, -0.1) is 0 Å². The summed E-state index contributed by atoms with van der Waals surface area (Å²) in [5.74, 6) is 0.779. The van der Waals surface area contributed by atoms with Crippen molar-refractivity contribution in [3.63, 3.8) is 0 Å². The highest BCUT2D eigenvalue weighted by molar-refractivity contribution is 5.94. The number of carbonyl (C=O) groups excluding carboxylic acids is 1. The summed E-state index contributed by atoms with van der Waals surface area (Å²) < 4.78 is 11.0. The number of nitrogens with one attached hydrogen (secondary N) is 1. The van der Waals surface area contributed by atoms with Crippen LogP contribution in [0.3, 0.4) is 0 Å². The molecule has 2 aromatic carbocycles. The summed E-state index contributed by atoms with van der Waals surface area (Å²) in [5, 5.41) is 3.07. The van der Waals surface area contributed by atoms with Crippen LogP contribution >= 0.6 is 0 Å². The Morgan fingerprint density at radius 3 is 2.52 bits per heavy atom. The molecule has 1 heterocycles. The van der Waals surface area contributed by atoms with Crippen molar-refractivity contribution in [2.24, 2.45) is 0 Å². The van der Waals surface area contributed by atoms with Crippen LogP contribution in [0.1, 0.15) is 22.0 Å². The SMILES string of the molecule is COc1ccccc1C(CNC(=O)c1ccccc1)N1CCOCC1. The first-order valence-corrected chi connectivity index (χ1v) is 8.57. The molecule has 3 rings (SSSR count). The van der Waals surface area contributed by atoms with E-state index in [1.165, 1.54) is 0 Å². The Morgan fingerprint density at radius 2 is 1.80 bits per heavy atom. The zero-order valence-electron chi connectivity index (χ0n) is 14.5. The highest BCUT2D eigenvalue weighted by atomic mass is 16.5.